The third-order valence-electron chi connectivity index (χ3n) is 4.10. The molecule has 1 N–H and O–H groups in total. The Morgan fingerprint density at radius 2 is 2.00 bits per heavy atom. The number of aliphatic hydroxyl groups is 1. The van der Waals surface area contributed by atoms with Crippen LogP contribution in [0.5, 0.6) is 0 Å². The lowest BCUT2D eigenvalue weighted by atomic mass is 10.1. The van der Waals surface area contributed by atoms with Crippen molar-refractivity contribution in [3.8, 4) is 0 Å². The summed E-state index contributed by atoms with van der Waals surface area (Å²) in [6.07, 6.45) is 3.79. The number of thiophene rings is 1. The first-order valence-corrected chi connectivity index (χ1v) is 6.25. The highest BCUT2D eigenvalue weighted by Crippen LogP contribution is 2.67. The fraction of sp³-hybridized carbons (Fsp3) is 0.667. The molecule has 1 heterocycles. The van der Waals surface area contributed by atoms with Crippen LogP contribution in [0.4, 0.5) is 0 Å². The van der Waals surface area contributed by atoms with E-state index in [0.29, 0.717) is 11.8 Å². The predicted molar refractivity (Wildman–Crippen MR) is 58.5 cm³/mol. The van der Waals surface area contributed by atoms with Gasteiger partial charge in [0.2, 0.25) is 0 Å². The average molecular weight is 208 g/mol. The summed E-state index contributed by atoms with van der Waals surface area (Å²) in [5.74, 6) is 1.17. The Bertz CT molecular complexity index is 350. The van der Waals surface area contributed by atoms with Crippen molar-refractivity contribution in [2.24, 2.45) is 11.8 Å². The molecule has 2 aliphatic rings. The van der Waals surface area contributed by atoms with Gasteiger partial charge in [0.05, 0.1) is 0 Å². The van der Waals surface area contributed by atoms with Gasteiger partial charge in [0.15, 0.2) is 0 Å². The van der Waals surface area contributed by atoms with Crippen LogP contribution in [0.15, 0.2) is 6.07 Å². The van der Waals surface area contributed by atoms with Gasteiger partial charge >= 0.3 is 0 Å². The van der Waals surface area contributed by atoms with E-state index in [1.807, 2.05) is 0 Å². The van der Waals surface area contributed by atoms with Crippen molar-refractivity contribution in [2.75, 3.05) is 0 Å². The van der Waals surface area contributed by atoms with Crippen molar-refractivity contribution in [1.29, 1.82) is 0 Å². The molecule has 2 atom stereocenters. The molecule has 0 radical (unpaired) electrons. The number of aryl methyl sites for hydroxylation is 2. The molecule has 0 saturated heterocycles. The van der Waals surface area contributed by atoms with Gasteiger partial charge in [-0.2, -0.15) is 0 Å². The maximum Gasteiger partial charge on any atom is 0.105 e. The third-order valence-corrected chi connectivity index (χ3v) is 5.39. The molecule has 1 aromatic heterocycles. The van der Waals surface area contributed by atoms with Gasteiger partial charge in [0, 0.05) is 9.75 Å². The minimum Gasteiger partial charge on any atom is -0.384 e. The van der Waals surface area contributed by atoms with E-state index in [9.17, 15) is 5.11 Å². The fourth-order valence-corrected chi connectivity index (χ4v) is 4.31. The van der Waals surface area contributed by atoms with Gasteiger partial charge in [0.1, 0.15) is 5.60 Å². The highest BCUT2D eigenvalue weighted by Gasteiger charge is 2.66. The molecular weight excluding hydrogens is 192 g/mol. The topological polar surface area (TPSA) is 20.2 Å². The molecule has 2 fully saturated rings. The number of hydrogen-bond donors (Lipinski definition) is 1. The van der Waals surface area contributed by atoms with Gasteiger partial charge in [-0.05, 0) is 50.2 Å². The van der Waals surface area contributed by atoms with Crippen LogP contribution in [0.25, 0.3) is 0 Å². The van der Waals surface area contributed by atoms with Crippen molar-refractivity contribution < 1.29 is 5.11 Å². The Balaban J connectivity index is 1.97. The molecule has 0 amide bonds. The quantitative estimate of drug-likeness (QED) is 0.752. The van der Waals surface area contributed by atoms with E-state index < -0.39 is 5.60 Å². The Morgan fingerprint density at radius 3 is 2.50 bits per heavy atom. The smallest absolute Gasteiger partial charge is 0.105 e. The lowest BCUT2D eigenvalue weighted by Crippen LogP contribution is -2.10. The normalized spacial score (nSPS) is 39.9. The first-order valence-electron chi connectivity index (χ1n) is 5.44. The maximum atomic E-state index is 10.5. The molecule has 0 aromatic carbocycles. The second-order valence-electron chi connectivity index (χ2n) is 4.82. The Morgan fingerprint density at radius 1 is 1.36 bits per heavy atom. The van der Waals surface area contributed by atoms with Gasteiger partial charge in [-0.1, -0.05) is 6.42 Å². The lowest BCUT2D eigenvalue weighted by molar-refractivity contribution is 0.109. The molecule has 0 bridgehead atoms. The molecule has 3 rings (SSSR count). The van der Waals surface area contributed by atoms with Gasteiger partial charge in [-0.15, -0.1) is 11.3 Å². The Hall–Kier alpha value is -0.340. The molecule has 2 aliphatic carbocycles. The van der Waals surface area contributed by atoms with Crippen molar-refractivity contribution in [2.45, 2.75) is 38.7 Å². The highest BCUT2D eigenvalue weighted by molar-refractivity contribution is 7.12. The zero-order chi connectivity index (χ0) is 9.92. The summed E-state index contributed by atoms with van der Waals surface area (Å²) in [4.78, 5) is 2.58. The summed E-state index contributed by atoms with van der Waals surface area (Å²) < 4.78 is 0. The molecule has 0 aliphatic heterocycles. The predicted octanol–water partition coefficient (Wildman–Crippen LogP) is 2.98. The van der Waals surface area contributed by atoms with E-state index in [2.05, 4.69) is 19.9 Å². The van der Waals surface area contributed by atoms with Crippen LogP contribution in [0.3, 0.4) is 0 Å². The molecule has 2 unspecified atom stereocenters. The van der Waals surface area contributed by atoms with Crippen molar-refractivity contribution >= 4 is 11.3 Å². The third kappa shape index (κ3) is 0.934. The molecule has 2 saturated carbocycles. The minimum absolute atomic E-state index is 0.415. The van der Waals surface area contributed by atoms with Crippen molar-refractivity contribution in [1.82, 2.24) is 0 Å². The molecule has 76 valence electrons. The molecule has 1 nitrogen and oxygen atoms in total. The van der Waals surface area contributed by atoms with E-state index >= 15 is 0 Å². The molecular formula is C12H16OS. The van der Waals surface area contributed by atoms with Crippen LogP contribution in [0.1, 0.15) is 34.6 Å². The summed E-state index contributed by atoms with van der Waals surface area (Å²) in [5, 5.41) is 10.5. The molecule has 14 heavy (non-hydrogen) atoms. The largest absolute Gasteiger partial charge is 0.384 e. The van der Waals surface area contributed by atoms with E-state index in [4.69, 9.17) is 0 Å². The first kappa shape index (κ1) is 8.93. The maximum absolute atomic E-state index is 10.5. The van der Waals surface area contributed by atoms with Gasteiger partial charge in [-0.3, -0.25) is 0 Å². The fourth-order valence-electron chi connectivity index (χ4n) is 3.06. The van der Waals surface area contributed by atoms with E-state index in [0.717, 1.165) is 0 Å². The number of rotatable bonds is 1. The second-order valence-corrected chi connectivity index (χ2v) is 6.08. The summed E-state index contributed by atoms with van der Waals surface area (Å²) in [6, 6.07) is 2.19. The van der Waals surface area contributed by atoms with Crippen LogP contribution in [-0.4, -0.2) is 5.11 Å². The van der Waals surface area contributed by atoms with Gasteiger partial charge in [0.25, 0.3) is 0 Å². The van der Waals surface area contributed by atoms with Crippen LogP contribution in [0.2, 0.25) is 0 Å². The minimum atomic E-state index is -0.415. The first-order chi connectivity index (χ1) is 6.64. The Kier molecular flexibility index (Phi) is 1.67. The second kappa shape index (κ2) is 2.61. The zero-order valence-electron chi connectivity index (χ0n) is 8.71. The molecule has 1 aromatic rings. The SMILES string of the molecule is Cc1cc(C2(O)C3CCCC32)sc1C. The number of hydrogen-bond acceptors (Lipinski definition) is 2. The molecule has 2 heteroatoms. The van der Waals surface area contributed by atoms with Crippen molar-refractivity contribution in [3.63, 3.8) is 0 Å². The zero-order valence-corrected chi connectivity index (χ0v) is 9.53. The molecule has 0 spiro atoms. The van der Waals surface area contributed by atoms with Crippen LogP contribution in [-0.2, 0) is 5.60 Å². The highest BCUT2D eigenvalue weighted by atomic mass is 32.1. The van der Waals surface area contributed by atoms with E-state index in [1.165, 1.54) is 34.6 Å². The van der Waals surface area contributed by atoms with Crippen LogP contribution < -0.4 is 0 Å². The average Bonchev–Trinajstić information content (AvgIpc) is 2.62. The summed E-state index contributed by atoms with van der Waals surface area (Å²) >= 11 is 1.79. The van der Waals surface area contributed by atoms with E-state index in [-0.39, 0.29) is 0 Å². The van der Waals surface area contributed by atoms with Crippen LogP contribution in [0, 0.1) is 25.7 Å². The number of fused-ring (bicyclic) bond motifs is 1. The van der Waals surface area contributed by atoms with Crippen LogP contribution >= 0.6 is 11.3 Å². The summed E-state index contributed by atoms with van der Waals surface area (Å²) in [6.45, 7) is 4.28. The standard InChI is InChI=1S/C12H16OS/c1-7-6-11(14-8(7)2)12(13)9-4-3-5-10(9)12/h6,9-10,13H,3-5H2,1-2H3. The van der Waals surface area contributed by atoms with Gasteiger partial charge in [-0.25, -0.2) is 0 Å². The summed E-state index contributed by atoms with van der Waals surface area (Å²) in [7, 11) is 0. The summed E-state index contributed by atoms with van der Waals surface area (Å²) in [5.41, 5.74) is 0.922. The van der Waals surface area contributed by atoms with Gasteiger partial charge < -0.3 is 5.11 Å². The Labute approximate surface area is 88.8 Å². The lowest BCUT2D eigenvalue weighted by Gasteiger charge is -2.11. The van der Waals surface area contributed by atoms with Crippen molar-refractivity contribution in [3.05, 3.63) is 21.4 Å². The van der Waals surface area contributed by atoms with E-state index in [1.54, 1.807) is 11.3 Å². The monoisotopic (exact) mass is 208 g/mol.